The van der Waals surface area contributed by atoms with Gasteiger partial charge in [0.25, 0.3) is 0 Å². The third-order valence-corrected chi connectivity index (χ3v) is 3.80. The van der Waals surface area contributed by atoms with Gasteiger partial charge in [-0.25, -0.2) is 0 Å². The summed E-state index contributed by atoms with van der Waals surface area (Å²) in [5.74, 6) is 0. The van der Waals surface area contributed by atoms with E-state index in [2.05, 4.69) is 26.6 Å². The molecule has 0 unspecified atom stereocenters. The summed E-state index contributed by atoms with van der Waals surface area (Å²) < 4.78 is 1.95. The number of aryl methyl sites for hydroxylation is 1. The number of hydrogen-bond acceptors (Lipinski definition) is 5. The SMILES string of the molecule is N#Cc1cnc2ccc(Cl)cc2c1NCCCCn1cnnc1. The third-order valence-electron chi connectivity index (χ3n) is 3.56. The van der Waals surface area contributed by atoms with E-state index in [4.69, 9.17) is 11.6 Å². The number of pyridine rings is 1. The van der Waals surface area contributed by atoms with Gasteiger partial charge in [-0.2, -0.15) is 5.26 Å². The number of halogens is 1. The first kappa shape index (κ1) is 15.3. The van der Waals surface area contributed by atoms with E-state index in [1.807, 2.05) is 16.7 Å². The summed E-state index contributed by atoms with van der Waals surface area (Å²) >= 11 is 6.07. The van der Waals surface area contributed by atoms with Gasteiger partial charge in [0.2, 0.25) is 0 Å². The number of nitriles is 1. The van der Waals surface area contributed by atoms with Crippen LogP contribution in [0.25, 0.3) is 10.9 Å². The monoisotopic (exact) mass is 326 g/mol. The van der Waals surface area contributed by atoms with Crippen LogP contribution >= 0.6 is 11.6 Å². The highest BCUT2D eigenvalue weighted by atomic mass is 35.5. The molecule has 0 aliphatic heterocycles. The van der Waals surface area contributed by atoms with E-state index in [1.165, 1.54) is 0 Å². The summed E-state index contributed by atoms with van der Waals surface area (Å²) in [4.78, 5) is 4.29. The minimum absolute atomic E-state index is 0.526. The minimum atomic E-state index is 0.526. The van der Waals surface area contributed by atoms with E-state index < -0.39 is 0 Å². The summed E-state index contributed by atoms with van der Waals surface area (Å²) in [7, 11) is 0. The highest BCUT2D eigenvalue weighted by molar-refractivity contribution is 6.31. The zero-order valence-corrected chi connectivity index (χ0v) is 13.2. The Morgan fingerprint density at radius 3 is 2.83 bits per heavy atom. The quantitative estimate of drug-likeness (QED) is 0.703. The van der Waals surface area contributed by atoms with Gasteiger partial charge in [-0.1, -0.05) is 11.6 Å². The molecule has 2 heterocycles. The molecule has 0 aliphatic carbocycles. The number of nitrogens with one attached hydrogen (secondary N) is 1. The first-order valence-corrected chi connectivity index (χ1v) is 7.70. The van der Waals surface area contributed by atoms with Gasteiger partial charge >= 0.3 is 0 Å². The van der Waals surface area contributed by atoms with E-state index in [0.29, 0.717) is 10.6 Å². The minimum Gasteiger partial charge on any atom is -0.383 e. The van der Waals surface area contributed by atoms with Gasteiger partial charge < -0.3 is 9.88 Å². The van der Waals surface area contributed by atoms with Crippen molar-refractivity contribution in [3.63, 3.8) is 0 Å². The van der Waals surface area contributed by atoms with Crippen LogP contribution in [0.3, 0.4) is 0 Å². The second-order valence-electron chi connectivity index (χ2n) is 5.15. The average Bonchev–Trinajstić information content (AvgIpc) is 3.08. The maximum Gasteiger partial charge on any atom is 0.119 e. The summed E-state index contributed by atoms with van der Waals surface area (Å²) in [6.45, 7) is 1.64. The standard InChI is InChI=1S/C16H15ClN6/c17-13-3-4-15-14(7-13)16(12(8-18)9-20-15)19-5-1-2-6-23-10-21-22-11-23/h3-4,7,9-11H,1-2,5-6H2,(H,19,20). The van der Waals surface area contributed by atoms with Crippen LogP contribution in [0.2, 0.25) is 5.02 Å². The van der Waals surface area contributed by atoms with Gasteiger partial charge in [0.1, 0.15) is 18.7 Å². The van der Waals surface area contributed by atoms with Crippen LogP contribution in [0.15, 0.2) is 37.1 Å². The zero-order valence-electron chi connectivity index (χ0n) is 12.4. The number of fused-ring (bicyclic) bond motifs is 1. The number of anilines is 1. The van der Waals surface area contributed by atoms with Crippen molar-refractivity contribution < 1.29 is 0 Å². The van der Waals surface area contributed by atoms with Crippen LogP contribution in [0.1, 0.15) is 18.4 Å². The molecule has 0 bridgehead atoms. The fraction of sp³-hybridized carbons (Fsp3) is 0.250. The maximum absolute atomic E-state index is 9.29. The van der Waals surface area contributed by atoms with E-state index >= 15 is 0 Å². The molecule has 0 spiro atoms. The first-order chi connectivity index (χ1) is 11.3. The number of hydrogen-bond donors (Lipinski definition) is 1. The maximum atomic E-state index is 9.29. The lowest BCUT2D eigenvalue weighted by atomic mass is 10.1. The Kier molecular flexibility index (Phi) is 4.69. The van der Waals surface area contributed by atoms with Crippen molar-refractivity contribution in [3.8, 4) is 6.07 Å². The predicted molar refractivity (Wildman–Crippen MR) is 89.2 cm³/mol. The Morgan fingerprint density at radius 1 is 1.22 bits per heavy atom. The van der Waals surface area contributed by atoms with E-state index in [0.717, 1.165) is 42.5 Å². The van der Waals surface area contributed by atoms with Crippen molar-refractivity contribution in [1.82, 2.24) is 19.7 Å². The number of nitrogens with zero attached hydrogens (tertiary/aromatic N) is 5. The van der Waals surface area contributed by atoms with E-state index in [1.54, 1.807) is 24.9 Å². The molecule has 0 saturated carbocycles. The second-order valence-corrected chi connectivity index (χ2v) is 5.59. The van der Waals surface area contributed by atoms with Gasteiger partial charge in [0.15, 0.2) is 0 Å². The summed E-state index contributed by atoms with van der Waals surface area (Å²) in [6.07, 6.45) is 6.97. The van der Waals surface area contributed by atoms with E-state index in [-0.39, 0.29) is 0 Å². The van der Waals surface area contributed by atoms with Crippen LogP contribution in [-0.4, -0.2) is 26.3 Å². The molecule has 116 valence electrons. The molecule has 3 aromatic rings. The lowest BCUT2D eigenvalue weighted by molar-refractivity contribution is 0.619. The molecular formula is C16H15ClN6. The Hall–Kier alpha value is -2.65. The molecule has 1 aromatic carbocycles. The Labute approximate surface area is 138 Å². The molecule has 7 heteroatoms. The second kappa shape index (κ2) is 7.07. The van der Waals surface area contributed by atoms with Gasteiger partial charge in [-0.3, -0.25) is 4.98 Å². The highest BCUT2D eigenvalue weighted by Crippen LogP contribution is 2.28. The average molecular weight is 327 g/mol. The molecule has 0 fully saturated rings. The first-order valence-electron chi connectivity index (χ1n) is 7.32. The lowest BCUT2D eigenvalue weighted by Gasteiger charge is -2.11. The van der Waals surface area contributed by atoms with Crippen molar-refractivity contribution in [2.45, 2.75) is 19.4 Å². The largest absolute Gasteiger partial charge is 0.383 e. The lowest BCUT2D eigenvalue weighted by Crippen LogP contribution is -2.06. The summed E-state index contributed by atoms with van der Waals surface area (Å²) in [5.41, 5.74) is 2.14. The highest BCUT2D eigenvalue weighted by Gasteiger charge is 2.09. The molecule has 2 aromatic heterocycles. The number of rotatable bonds is 6. The summed E-state index contributed by atoms with van der Waals surface area (Å²) in [5, 5.41) is 21.7. The Morgan fingerprint density at radius 2 is 2.04 bits per heavy atom. The molecular weight excluding hydrogens is 312 g/mol. The molecule has 1 N–H and O–H groups in total. The molecule has 0 amide bonds. The van der Waals surface area contributed by atoms with E-state index in [9.17, 15) is 5.26 Å². The van der Waals surface area contributed by atoms with Crippen molar-refractivity contribution in [2.75, 3.05) is 11.9 Å². The van der Waals surface area contributed by atoms with Crippen LogP contribution in [0, 0.1) is 11.3 Å². The van der Waals surface area contributed by atoms with Crippen LogP contribution in [0.4, 0.5) is 5.69 Å². The van der Waals surface area contributed by atoms with Gasteiger partial charge in [-0.05, 0) is 31.0 Å². The third kappa shape index (κ3) is 3.58. The molecule has 0 aliphatic rings. The zero-order chi connectivity index (χ0) is 16.1. The molecule has 0 atom stereocenters. The number of benzene rings is 1. The molecule has 0 saturated heterocycles. The van der Waals surface area contributed by atoms with Crippen LogP contribution in [-0.2, 0) is 6.54 Å². The van der Waals surface area contributed by atoms with Crippen molar-refractivity contribution in [3.05, 3.63) is 47.6 Å². The normalized spacial score (nSPS) is 10.6. The molecule has 6 nitrogen and oxygen atoms in total. The van der Waals surface area contributed by atoms with Gasteiger partial charge in [0.05, 0.1) is 16.8 Å². The fourth-order valence-electron chi connectivity index (χ4n) is 2.41. The number of aromatic nitrogens is 4. The molecule has 3 rings (SSSR count). The Balaban J connectivity index is 1.68. The fourth-order valence-corrected chi connectivity index (χ4v) is 2.58. The molecule has 23 heavy (non-hydrogen) atoms. The summed E-state index contributed by atoms with van der Waals surface area (Å²) in [6, 6.07) is 7.67. The smallest absolute Gasteiger partial charge is 0.119 e. The van der Waals surface area contributed by atoms with Crippen molar-refractivity contribution in [2.24, 2.45) is 0 Å². The number of unbranched alkanes of at least 4 members (excludes halogenated alkanes) is 1. The van der Waals surface area contributed by atoms with Crippen LogP contribution in [0.5, 0.6) is 0 Å². The topological polar surface area (TPSA) is 79.4 Å². The Bertz CT molecular complexity index is 838. The predicted octanol–water partition coefficient (Wildman–Crippen LogP) is 3.24. The van der Waals surface area contributed by atoms with Crippen LogP contribution < -0.4 is 5.32 Å². The van der Waals surface area contributed by atoms with Crippen molar-refractivity contribution in [1.29, 1.82) is 5.26 Å². The van der Waals surface area contributed by atoms with Gasteiger partial charge in [0, 0.05) is 29.7 Å². The molecule has 0 radical (unpaired) electrons. The van der Waals surface area contributed by atoms with Gasteiger partial charge in [-0.15, -0.1) is 10.2 Å². The van der Waals surface area contributed by atoms with Crippen molar-refractivity contribution >= 4 is 28.2 Å².